The van der Waals surface area contributed by atoms with E-state index >= 15 is 0 Å². The molecule has 0 fully saturated rings. The van der Waals surface area contributed by atoms with Crippen molar-refractivity contribution in [3.63, 3.8) is 0 Å². The van der Waals surface area contributed by atoms with Gasteiger partial charge in [-0.1, -0.05) is 12.1 Å². The fourth-order valence-corrected chi connectivity index (χ4v) is 1.13. The van der Waals surface area contributed by atoms with Gasteiger partial charge in [0, 0.05) is 12.2 Å². The number of rotatable bonds is 3. The maximum Gasteiger partial charge on any atom is 0.405 e. The number of alkyl halides is 3. The first-order chi connectivity index (χ1) is 7.90. The van der Waals surface area contributed by atoms with Crippen LogP contribution in [0.4, 0.5) is 23.7 Å². The lowest BCUT2D eigenvalue weighted by Crippen LogP contribution is -2.36. The quantitative estimate of drug-likeness (QED) is 0.762. The monoisotopic (exact) mass is 247 g/mol. The van der Waals surface area contributed by atoms with Crippen molar-refractivity contribution in [2.24, 2.45) is 5.73 Å². The van der Waals surface area contributed by atoms with E-state index in [-0.39, 0.29) is 0 Å². The van der Waals surface area contributed by atoms with Gasteiger partial charge in [-0.05, 0) is 17.7 Å². The van der Waals surface area contributed by atoms with Crippen LogP contribution in [-0.4, -0.2) is 18.8 Å². The Morgan fingerprint density at radius 3 is 2.65 bits per heavy atom. The molecule has 1 rings (SSSR count). The van der Waals surface area contributed by atoms with E-state index in [0.29, 0.717) is 12.2 Å². The molecule has 0 aromatic heterocycles. The molecule has 7 heteroatoms. The van der Waals surface area contributed by atoms with Gasteiger partial charge in [0.25, 0.3) is 0 Å². The second kappa shape index (κ2) is 5.53. The zero-order chi connectivity index (χ0) is 12.9. The number of hydrogen-bond acceptors (Lipinski definition) is 2. The summed E-state index contributed by atoms with van der Waals surface area (Å²) in [6.45, 7) is -1.07. The first-order valence-corrected chi connectivity index (χ1v) is 4.81. The second-order valence-electron chi connectivity index (χ2n) is 3.33. The van der Waals surface area contributed by atoms with Crippen molar-refractivity contribution in [2.75, 3.05) is 11.9 Å². The minimum absolute atomic E-state index is 0.291. The molecule has 1 aromatic carbocycles. The molecule has 0 saturated carbocycles. The molecule has 94 valence electrons. The highest BCUT2D eigenvalue weighted by atomic mass is 19.4. The van der Waals surface area contributed by atoms with Crippen molar-refractivity contribution in [1.29, 1.82) is 0 Å². The summed E-state index contributed by atoms with van der Waals surface area (Å²) in [6, 6.07) is 5.65. The van der Waals surface area contributed by atoms with Crippen molar-refractivity contribution < 1.29 is 18.0 Å². The summed E-state index contributed by atoms with van der Waals surface area (Å²) in [5, 5.41) is 3.99. The molecule has 4 N–H and O–H groups in total. The fraction of sp³-hybridized carbons (Fsp3) is 0.300. The van der Waals surface area contributed by atoms with Crippen LogP contribution in [0.15, 0.2) is 24.3 Å². The van der Waals surface area contributed by atoms with E-state index in [9.17, 15) is 18.0 Å². The standard InChI is InChI=1S/C10H12F3N3O/c11-10(12,13)6-15-9(17)16-8-3-1-2-7(4-8)5-14/h1-4H,5-6,14H2,(H2,15,16,17). The molecule has 0 bridgehead atoms. The molecule has 4 nitrogen and oxygen atoms in total. The predicted octanol–water partition coefficient (Wildman–Crippen LogP) is 1.83. The Balaban J connectivity index is 2.50. The largest absolute Gasteiger partial charge is 0.405 e. The van der Waals surface area contributed by atoms with Gasteiger partial charge in [0.1, 0.15) is 6.54 Å². The Kier molecular flexibility index (Phi) is 4.33. The lowest BCUT2D eigenvalue weighted by Gasteiger charge is -2.10. The molecular weight excluding hydrogens is 235 g/mol. The molecule has 0 aliphatic rings. The fourth-order valence-electron chi connectivity index (χ4n) is 1.13. The third kappa shape index (κ3) is 5.21. The number of nitrogens with one attached hydrogen (secondary N) is 2. The Morgan fingerprint density at radius 2 is 2.06 bits per heavy atom. The van der Waals surface area contributed by atoms with Crippen LogP contribution in [-0.2, 0) is 6.54 Å². The lowest BCUT2D eigenvalue weighted by molar-refractivity contribution is -0.122. The highest BCUT2D eigenvalue weighted by Crippen LogP contribution is 2.13. The molecule has 0 saturated heterocycles. The molecule has 0 spiro atoms. The molecule has 0 unspecified atom stereocenters. The highest BCUT2D eigenvalue weighted by Gasteiger charge is 2.27. The van der Waals surface area contributed by atoms with Gasteiger partial charge in [0.05, 0.1) is 0 Å². The zero-order valence-electron chi connectivity index (χ0n) is 8.84. The summed E-state index contributed by atoms with van der Waals surface area (Å²) in [5.41, 5.74) is 6.56. The van der Waals surface area contributed by atoms with Crippen LogP contribution in [0, 0.1) is 0 Å². The Bertz CT molecular complexity index is 393. The van der Waals surface area contributed by atoms with Crippen LogP contribution in [0.1, 0.15) is 5.56 Å². The van der Waals surface area contributed by atoms with Crippen LogP contribution in [0.3, 0.4) is 0 Å². The molecular formula is C10H12F3N3O. The van der Waals surface area contributed by atoms with E-state index in [0.717, 1.165) is 5.56 Å². The van der Waals surface area contributed by atoms with E-state index in [1.165, 1.54) is 0 Å². The van der Waals surface area contributed by atoms with Crippen molar-refractivity contribution in [1.82, 2.24) is 5.32 Å². The average molecular weight is 247 g/mol. The van der Waals surface area contributed by atoms with Crippen LogP contribution in [0.25, 0.3) is 0 Å². The van der Waals surface area contributed by atoms with E-state index in [4.69, 9.17) is 5.73 Å². The summed E-state index contributed by atoms with van der Waals surface area (Å²) >= 11 is 0. The zero-order valence-corrected chi connectivity index (χ0v) is 8.84. The van der Waals surface area contributed by atoms with Crippen molar-refractivity contribution >= 4 is 11.7 Å². The highest BCUT2D eigenvalue weighted by molar-refractivity contribution is 5.89. The molecule has 2 amide bonds. The SMILES string of the molecule is NCc1cccc(NC(=O)NCC(F)(F)F)c1. The van der Waals surface area contributed by atoms with Gasteiger partial charge in [-0.2, -0.15) is 13.2 Å². The Morgan fingerprint density at radius 1 is 1.35 bits per heavy atom. The average Bonchev–Trinajstić information content (AvgIpc) is 2.26. The molecule has 0 aliphatic heterocycles. The number of urea groups is 1. The van der Waals surface area contributed by atoms with Gasteiger partial charge >= 0.3 is 12.2 Å². The minimum Gasteiger partial charge on any atom is -0.329 e. The number of carbonyl (C=O) groups is 1. The van der Waals surface area contributed by atoms with E-state index in [1.54, 1.807) is 29.6 Å². The van der Waals surface area contributed by atoms with Gasteiger partial charge in [-0.15, -0.1) is 0 Å². The lowest BCUT2D eigenvalue weighted by atomic mass is 10.2. The Labute approximate surface area is 96.0 Å². The predicted molar refractivity (Wildman–Crippen MR) is 57.4 cm³/mol. The first kappa shape index (κ1) is 13.3. The number of nitrogens with two attached hydrogens (primary N) is 1. The van der Waals surface area contributed by atoms with Crippen molar-refractivity contribution in [3.05, 3.63) is 29.8 Å². The van der Waals surface area contributed by atoms with Gasteiger partial charge in [0.2, 0.25) is 0 Å². The summed E-state index contributed by atoms with van der Waals surface area (Å²) in [7, 11) is 0. The molecule has 0 aliphatic carbocycles. The third-order valence-electron chi connectivity index (χ3n) is 1.87. The first-order valence-electron chi connectivity index (χ1n) is 4.81. The summed E-state index contributed by atoms with van der Waals surface area (Å²) in [4.78, 5) is 11.1. The number of halogens is 3. The number of amides is 2. The van der Waals surface area contributed by atoms with Crippen LogP contribution in [0.5, 0.6) is 0 Å². The summed E-state index contributed by atoms with van der Waals surface area (Å²) in [6.07, 6.45) is -4.42. The molecule has 17 heavy (non-hydrogen) atoms. The van der Waals surface area contributed by atoms with Crippen molar-refractivity contribution in [2.45, 2.75) is 12.7 Å². The number of carbonyl (C=O) groups excluding carboxylic acids is 1. The maximum absolute atomic E-state index is 11.8. The molecule has 0 heterocycles. The number of benzene rings is 1. The van der Waals surface area contributed by atoms with Gasteiger partial charge in [-0.3, -0.25) is 0 Å². The van der Waals surface area contributed by atoms with E-state index in [1.807, 2.05) is 0 Å². The van der Waals surface area contributed by atoms with E-state index < -0.39 is 18.8 Å². The van der Waals surface area contributed by atoms with Crippen LogP contribution in [0.2, 0.25) is 0 Å². The molecule has 0 atom stereocenters. The Hall–Kier alpha value is -1.76. The number of anilines is 1. The van der Waals surface area contributed by atoms with Crippen LogP contribution >= 0.6 is 0 Å². The van der Waals surface area contributed by atoms with Gasteiger partial charge in [0.15, 0.2) is 0 Å². The normalized spacial score (nSPS) is 11.1. The minimum atomic E-state index is -4.42. The third-order valence-corrected chi connectivity index (χ3v) is 1.87. The molecule has 1 aromatic rings. The van der Waals surface area contributed by atoms with Gasteiger partial charge in [-0.25, -0.2) is 4.79 Å². The van der Waals surface area contributed by atoms with Crippen LogP contribution < -0.4 is 16.4 Å². The topological polar surface area (TPSA) is 67.1 Å². The van der Waals surface area contributed by atoms with Crippen molar-refractivity contribution in [3.8, 4) is 0 Å². The van der Waals surface area contributed by atoms with Gasteiger partial charge < -0.3 is 16.4 Å². The maximum atomic E-state index is 11.8. The number of hydrogen-bond donors (Lipinski definition) is 3. The summed E-state index contributed by atoms with van der Waals surface area (Å²) in [5.74, 6) is 0. The summed E-state index contributed by atoms with van der Waals surface area (Å²) < 4.78 is 35.4. The molecule has 0 radical (unpaired) electrons. The smallest absolute Gasteiger partial charge is 0.329 e. The van der Waals surface area contributed by atoms with E-state index in [2.05, 4.69) is 5.32 Å². The second-order valence-corrected chi connectivity index (χ2v) is 3.33.